The highest BCUT2D eigenvalue weighted by Gasteiger charge is 2.01. The van der Waals surface area contributed by atoms with E-state index in [2.05, 4.69) is 5.32 Å². The van der Waals surface area contributed by atoms with Crippen LogP contribution in [0.5, 0.6) is 0 Å². The molecular formula is C14H17NO3. The SMILES string of the molecule is OCCc1ccc(NCc2ccc(CO)o2)cc1. The third-order valence-electron chi connectivity index (χ3n) is 2.69. The Labute approximate surface area is 106 Å². The van der Waals surface area contributed by atoms with E-state index in [4.69, 9.17) is 14.6 Å². The third-order valence-corrected chi connectivity index (χ3v) is 2.69. The van der Waals surface area contributed by atoms with Gasteiger partial charge in [0, 0.05) is 12.3 Å². The third kappa shape index (κ3) is 3.35. The van der Waals surface area contributed by atoms with E-state index < -0.39 is 0 Å². The van der Waals surface area contributed by atoms with Gasteiger partial charge in [0.1, 0.15) is 18.1 Å². The van der Waals surface area contributed by atoms with Crippen molar-refractivity contribution >= 4 is 5.69 Å². The van der Waals surface area contributed by atoms with Crippen LogP contribution >= 0.6 is 0 Å². The van der Waals surface area contributed by atoms with Crippen LogP contribution in [0.4, 0.5) is 5.69 Å². The molecular weight excluding hydrogens is 230 g/mol. The van der Waals surface area contributed by atoms with Crippen LogP contribution in [0, 0.1) is 0 Å². The standard InChI is InChI=1S/C14H17NO3/c16-8-7-11-1-3-12(4-2-11)15-9-13-5-6-14(10-17)18-13/h1-6,15-17H,7-10H2. The van der Waals surface area contributed by atoms with Crippen LogP contribution in [0.15, 0.2) is 40.8 Å². The van der Waals surface area contributed by atoms with Crippen LogP contribution in [0.2, 0.25) is 0 Å². The molecule has 1 aromatic carbocycles. The predicted octanol–water partition coefficient (Wildman–Crippen LogP) is 1.92. The Bertz CT molecular complexity index is 476. The van der Waals surface area contributed by atoms with E-state index in [9.17, 15) is 0 Å². The van der Waals surface area contributed by atoms with Crippen molar-refractivity contribution in [2.24, 2.45) is 0 Å². The zero-order valence-electron chi connectivity index (χ0n) is 10.1. The van der Waals surface area contributed by atoms with Gasteiger partial charge in [-0.15, -0.1) is 0 Å². The quantitative estimate of drug-likeness (QED) is 0.729. The Morgan fingerprint density at radius 2 is 1.67 bits per heavy atom. The average molecular weight is 247 g/mol. The van der Waals surface area contributed by atoms with Gasteiger partial charge in [-0.3, -0.25) is 0 Å². The molecule has 0 aliphatic carbocycles. The first kappa shape index (κ1) is 12.7. The van der Waals surface area contributed by atoms with Crippen LogP contribution in [0.3, 0.4) is 0 Å². The van der Waals surface area contributed by atoms with E-state index in [1.54, 1.807) is 6.07 Å². The van der Waals surface area contributed by atoms with E-state index in [0.717, 1.165) is 17.0 Å². The number of furan rings is 1. The molecule has 0 saturated heterocycles. The van der Waals surface area contributed by atoms with Crippen LogP contribution < -0.4 is 5.32 Å². The largest absolute Gasteiger partial charge is 0.462 e. The van der Waals surface area contributed by atoms with Gasteiger partial charge in [-0.25, -0.2) is 0 Å². The van der Waals surface area contributed by atoms with Crippen molar-refractivity contribution in [3.05, 3.63) is 53.5 Å². The fourth-order valence-electron chi connectivity index (χ4n) is 1.71. The molecule has 0 unspecified atom stereocenters. The maximum absolute atomic E-state index is 8.88. The van der Waals surface area contributed by atoms with Crippen molar-refractivity contribution in [2.75, 3.05) is 11.9 Å². The molecule has 0 aliphatic rings. The lowest BCUT2D eigenvalue weighted by atomic mass is 10.1. The van der Waals surface area contributed by atoms with Gasteiger partial charge < -0.3 is 19.9 Å². The molecule has 0 fully saturated rings. The van der Waals surface area contributed by atoms with Crippen LogP contribution in [0.1, 0.15) is 17.1 Å². The molecule has 0 spiro atoms. The minimum absolute atomic E-state index is 0.0736. The second-order valence-electron chi connectivity index (χ2n) is 4.05. The summed E-state index contributed by atoms with van der Waals surface area (Å²) in [6.45, 7) is 0.679. The van der Waals surface area contributed by atoms with E-state index in [0.29, 0.717) is 18.7 Å². The molecule has 1 aromatic heterocycles. The molecule has 4 heteroatoms. The summed E-state index contributed by atoms with van der Waals surface area (Å²) in [6.07, 6.45) is 0.679. The summed E-state index contributed by atoms with van der Waals surface area (Å²) >= 11 is 0. The van der Waals surface area contributed by atoms with E-state index in [1.807, 2.05) is 30.3 Å². The minimum Gasteiger partial charge on any atom is -0.462 e. The molecule has 2 aromatic rings. The van der Waals surface area contributed by atoms with E-state index >= 15 is 0 Å². The zero-order valence-corrected chi connectivity index (χ0v) is 10.1. The Kier molecular flexibility index (Phi) is 4.39. The highest BCUT2D eigenvalue weighted by molar-refractivity contribution is 5.44. The number of hydrogen-bond acceptors (Lipinski definition) is 4. The lowest BCUT2D eigenvalue weighted by Crippen LogP contribution is -1.98. The van der Waals surface area contributed by atoms with Gasteiger partial charge in [-0.1, -0.05) is 12.1 Å². The molecule has 0 amide bonds. The van der Waals surface area contributed by atoms with Crippen LogP contribution in [-0.4, -0.2) is 16.8 Å². The molecule has 0 aliphatic heterocycles. The van der Waals surface area contributed by atoms with Gasteiger partial charge in [-0.2, -0.15) is 0 Å². The van der Waals surface area contributed by atoms with Gasteiger partial charge in [0.25, 0.3) is 0 Å². The first-order valence-electron chi connectivity index (χ1n) is 5.94. The Balaban J connectivity index is 1.89. The Hall–Kier alpha value is -1.78. The number of aliphatic hydroxyl groups is 2. The molecule has 0 atom stereocenters. The predicted molar refractivity (Wildman–Crippen MR) is 69.2 cm³/mol. The van der Waals surface area contributed by atoms with Crippen molar-refractivity contribution < 1.29 is 14.6 Å². The van der Waals surface area contributed by atoms with Gasteiger partial charge >= 0.3 is 0 Å². The van der Waals surface area contributed by atoms with Gasteiger partial charge in [-0.05, 0) is 36.2 Å². The molecule has 0 radical (unpaired) electrons. The summed E-state index contributed by atoms with van der Waals surface area (Å²) in [6, 6.07) is 11.5. The molecule has 18 heavy (non-hydrogen) atoms. The van der Waals surface area contributed by atoms with Gasteiger partial charge in [0.05, 0.1) is 6.54 Å². The van der Waals surface area contributed by atoms with Crippen molar-refractivity contribution in [1.82, 2.24) is 0 Å². The summed E-state index contributed by atoms with van der Waals surface area (Å²) in [5.74, 6) is 1.36. The monoisotopic (exact) mass is 247 g/mol. The van der Waals surface area contributed by atoms with Gasteiger partial charge in [0.15, 0.2) is 0 Å². The van der Waals surface area contributed by atoms with Crippen molar-refractivity contribution in [2.45, 2.75) is 19.6 Å². The maximum atomic E-state index is 8.88. The Morgan fingerprint density at radius 1 is 0.944 bits per heavy atom. The summed E-state index contributed by atoms with van der Waals surface area (Å²) in [4.78, 5) is 0. The fourth-order valence-corrected chi connectivity index (χ4v) is 1.71. The lowest BCUT2D eigenvalue weighted by Gasteiger charge is -2.05. The van der Waals surface area contributed by atoms with Crippen LogP contribution in [0.25, 0.3) is 0 Å². The van der Waals surface area contributed by atoms with E-state index in [1.165, 1.54) is 0 Å². The highest BCUT2D eigenvalue weighted by atomic mass is 16.4. The second-order valence-corrected chi connectivity index (χ2v) is 4.05. The van der Waals surface area contributed by atoms with Crippen molar-refractivity contribution in [3.63, 3.8) is 0 Å². The topological polar surface area (TPSA) is 65.6 Å². The Morgan fingerprint density at radius 3 is 2.28 bits per heavy atom. The zero-order chi connectivity index (χ0) is 12.8. The first-order valence-corrected chi connectivity index (χ1v) is 5.94. The molecule has 96 valence electrons. The summed E-state index contributed by atoms with van der Waals surface area (Å²) < 4.78 is 5.37. The molecule has 0 bridgehead atoms. The van der Waals surface area contributed by atoms with Gasteiger partial charge in [0.2, 0.25) is 0 Å². The number of rotatable bonds is 6. The minimum atomic E-state index is -0.0736. The smallest absolute Gasteiger partial charge is 0.129 e. The number of anilines is 1. The first-order chi connectivity index (χ1) is 8.81. The summed E-state index contributed by atoms with van der Waals surface area (Å²) in [5.41, 5.74) is 2.11. The average Bonchev–Trinajstić information content (AvgIpc) is 2.86. The van der Waals surface area contributed by atoms with Crippen molar-refractivity contribution in [1.29, 1.82) is 0 Å². The molecule has 4 nitrogen and oxygen atoms in total. The lowest BCUT2D eigenvalue weighted by molar-refractivity contribution is 0.244. The number of hydrogen-bond donors (Lipinski definition) is 3. The highest BCUT2D eigenvalue weighted by Crippen LogP contribution is 2.13. The van der Waals surface area contributed by atoms with E-state index in [-0.39, 0.29) is 13.2 Å². The fraction of sp³-hybridized carbons (Fsp3) is 0.286. The molecule has 2 rings (SSSR count). The van der Waals surface area contributed by atoms with Crippen LogP contribution in [-0.2, 0) is 19.6 Å². The van der Waals surface area contributed by atoms with Crippen molar-refractivity contribution in [3.8, 4) is 0 Å². The maximum Gasteiger partial charge on any atom is 0.129 e. The second kappa shape index (κ2) is 6.23. The molecule has 1 heterocycles. The summed E-state index contributed by atoms with van der Waals surface area (Å²) in [7, 11) is 0. The summed E-state index contributed by atoms with van der Waals surface area (Å²) in [5, 5.41) is 20.9. The number of benzene rings is 1. The molecule has 3 N–H and O–H groups in total. The molecule has 0 saturated carbocycles. The number of aliphatic hydroxyl groups excluding tert-OH is 2. The number of nitrogens with one attached hydrogen (secondary N) is 1. The normalized spacial score (nSPS) is 10.6.